The van der Waals surface area contributed by atoms with Gasteiger partial charge in [0, 0.05) is 0 Å². The summed E-state index contributed by atoms with van der Waals surface area (Å²) in [6.45, 7) is 11.7. The molecule has 162 valence electrons. The van der Waals surface area contributed by atoms with Crippen molar-refractivity contribution >= 4 is 41.4 Å². The van der Waals surface area contributed by atoms with Gasteiger partial charge in [0.05, 0.1) is 0 Å². The van der Waals surface area contributed by atoms with Crippen LogP contribution >= 0.6 is 24.1 Å². The summed E-state index contributed by atoms with van der Waals surface area (Å²) in [5.74, 6) is 0. The molecule has 6 unspecified atom stereocenters. The molecule has 0 aromatic rings. The van der Waals surface area contributed by atoms with Gasteiger partial charge in [-0.2, -0.15) is 0 Å². The molecule has 0 heterocycles. The van der Waals surface area contributed by atoms with Gasteiger partial charge in [0.25, 0.3) is 0 Å². The molecular formula is C18H39AlO6P3+3. The van der Waals surface area contributed by atoms with E-state index in [-0.39, 0.29) is 34.3 Å². The van der Waals surface area contributed by atoms with Crippen LogP contribution in [0.1, 0.15) is 99.3 Å². The van der Waals surface area contributed by atoms with Gasteiger partial charge in [-0.05, 0) is 38.5 Å². The van der Waals surface area contributed by atoms with E-state index >= 15 is 0 Å². The molecule has 0 aliphatic carbocycles. The number of rotatable bonds is 12. The summed E-state index contributed by atoms with van der Waals surface area (Å²) < 4.78 is 31.1. The van der Waals surface area contributed by atoms with Gasteiger partial charge < -0.3 is 14.7 Å². The first-order valence-corrected chi connectivity index (χ1v) is 13.8. The molecule has 0 rings (SSSR count). The Kier molecular flexibility index (Phi) is 33.2. The van der Waals surface area contributed by atoms with Crippen molar-refractivity contribution < 1.29 is 28.4 Å². The molecular weight excluding hydrogens is 432 g/mol. The van der Waals surface area contributed by atoms with E-state index in [0.717, 1.165) is 57.8 Å². The molecule has 0 saturated heterocycles. The van der Waals surface area contributed by atoms with Crippen LogP contribution in [0.5, 0.6) is 0 Å². The maximum absolute atomic E-state index is 10.4. The van der Waals surface area contributed by atoms with E-state index in [4.69, 9.17) is 0 Å². The fraction of sp³-hybridized carbons (Fsp3) is 1.00. The zero-order chi connectivity index (χ0) is 21.8. The SMILES string of the molecule is CCCC(CC)[P+](=O)[O-].CCCC(CC)[P+](=O)[O-].CCCC(CC)[P+](=O)[O-].[Al+3]. The van der Waals surface area contributed by atoms with E-state index in [2.05, 4.69) is 0 Å². The second-order valence-electron chi connectivity index (χ2n) is 6.41. The van der Waals surface area contributed by atoms with E-state index in [9.17, 15) is 28.4 Å². The van der Waals surface area contributed by atoms with Crippen molar-refractivity contribution in [1.82, 2.24) is 0 Å². The Morgan fingerprint density at radius 3 is 0.750 bits per heavy atom. The second-order valence-corrected chi connectivity index (χ2v) is 10.3. The first-order valence-electron chi connectivity index (χ1n) is 10.1. The summed E-state index contributed by atoms with van der Waals surface area (Å²) in [5, 5.41) is 0. The van der Waals surface area contributed by atoms with Crippen molar-refractivity contribution in [2.45, 2.75) is 116 Å². The summed E-state index contributed by atoms with van der Waals surface area (Å²) in [6, 6.07) is 0. The van der Waals surface area contributed by atoms with Crippen LogP contribution < -0.4 is 14.7 Å². The van der Waals surface area contributed by atoms with Crippen molar-refractivity contribution in [2.75, 3.05) is 0 Å². The molecule has 0 bridgehead atoms. The average Bonchev–Trinajstić information content (AvgIpc) is 2.62. The minimum absolute atomic E-state index is 0. The summed E-state index contributed by atoms with van der Waals surface area (Å²) in [5.41, 5.74) is -0.236. The van der Waals surface area contributed by atoms with E-state index in [1.807, 2.05) is 41.5 Å². The summed E-state index contributed by atoms with van der Waals surface area (Å²) in [7, 11) is -6.51. The first-order chi connectivity index (χ1) is 12.7. The molecule has 0 aliphatic heterocycles. The summed E-state index contributed by atoms with van der Waals surface area (Å²) >= 11 is 0. The van der Waals surface area contributed by atoms with Gasteiger partial charge in [0.2, 0.25) is 0 Å². The average molecular weight is 471 g/mol. The fourth-order valence-electron chi connectivity index (χ4n) is 2.38. The molecule has 6 nitrogen and oxygen atoms in total. The second kappa shape index (κ2) is 25.7. The molecule has 0 spiro atoms. The predicted molar refractivity (Wildman–Crippen MR) is 116 cm³/mol. The van der Waals surface area contributed by atoms with E-state index in [1.165, 1.54) is 0 Å². The van der Waals surface area contributed by atoms with Crippen molar-refractivity contribution in [1.29, 1.82) is 0 Å². The maximum Gasteiger partial charge on any atom is 3.00 e. The minimum atomic E-state index is -2.17. The van der Waals surface area contributed by atoms with Gasteiger partial charge in [0.1, 0.15) is 0 Å². The van der Waals surface area contributed by atoms with Gasteiger partial charge in [-0.1, -0.05) is 74.5 Å². The molecule has 0 fully saturated rings. The standard InChI is InChI=1S/3C6H13O2P.Al/c3*1-3-5-6(4-2)9(7)8;/h3*6H,3-5H2,1-2H3;/q;;;+3. The van der Waals surface area contributed by atoms with E-state index < -0.39 is 24.1 Å². The smallest absolute Gasteiger partial charge is 0.595 e. The van der Waals surface area contributed by atoms with Crippen LogP contribution in [0.15, 0.2) is 0 Å². The van der Waals surface area contributed by atoms with Crippen LogP contribution in [0, 0.1) is 0 Å². The fourth-order valence-corrected chi connectivity index (χ4v) is 4.68. The van der Waals surface area contributed by atoms with E-state index in [0.29, 0.717) is 0 Å². The zero-order valence-electron chi connectivity index (χ0n) is 18.5. The monoisotopic (exact) mass is 471 g/mol. The Morgan fingerprint density at radius 1 is 0.536 bits per heavy atom. The van der Waals surface area contributed by atoms with Gasteiger partial charge in [-0.15, -0.1) is 0 Å². The van der Waals surface area contributed by atoms with Crippen LogP contribution in [0.4, 0.5) is 0 Å². The van der Waals surface area contributed by atoms with Crippen LogP contribution in [0.3, 0.4) is 0 Å². The van der Waals surface area contributed by atoms with Crippen LogP contribution in [-0.4, -0.2) is 34.3 Å². The first kappa shape index (κ1) is 36.1. The molecule has 0 saturated carbocycles. The summed E-state index contributed by atoms with van der Waals surface area (Å²) in [4.78, 5) is 31.1. The van der Waals surface area contributed by atoms with Gasteiger partial charge in [-0.3, -0.25) is 0 Å². The van der Waals surface area contributed by atoms with Crippen LogP contribution in [0.2, 0.25) is 0 Å². The molecule has 0 aliphatic rings. The van der Waals surface area contributed by atoms with Crippen molar-refractivity contribution in [3.8, 4) is 0 Å². The zero-order valence-corrected chi connectivity index (χ0v) is 22.3. The van der Waals surface area contributed by atoms with Gasteiger partial charge in [0.15, 0.2) is 17.0 Å². The Labute approximate surface area is 186 Å². The molecule has 0 radical (unpaired) electrons. The quantitative estimate of drug-likeness (QED) is 0.302. The van der Waals surface area contributed by atoms with Gasteiger partial charge in [-0.25, -0.2) is 0 Å². The number of hydrogen-bond donors (Lipinski definition) is 0. The number of hydrogen-bond acceptors (Lipinski definition) is 6. The molecule has 0 aromatic carbocycles. The van der Waals surface area contributed by atoms with Crippen LogP contribution in [0.25, 0.3) is 0 Å². The topological polar surface area (TPSA) is 120 Å². The van der Waals surface area contributed by atoms with Crippen LogP contribution in [-0.2, 0) is 13.7 Å². The van der Waals surface area contributed by atoms with Crippen molar-refractivity contribution in [3.63, 3.8) is 0 Å². The molecule has 0 aromatic heterocycles. The Hall–Kier alpha value is 0.712. The maximum atomic E-state index is 10.4. The Balaban J connectivity index is -0.000000152. The Bertz CT molecular complexity index is 342. The molecule has 28 heavy (non-hydrogen) atoms. The normalized spacial score (nSPS) is 14.7. The largest absolute Gasteiger partial charge is 3.00 e. The minimum Gasteiger partial charge on any atom is -0.595 e. The Morgan fingerprint density at radius 2 is 0.714 bits per heavy atom. The van der Waals surface area contributed by atoms with Crippen molar-refractivity contribution in [3.05, 3.63) is 0 Å². The van der Waals surface area contributed by atoms with E-state index in [1.54, 1.807) is 0 Å². The third-order valence-electron chi connectivity index (χ3n) is 4.17. The summed E-state index contributed by atoms with van der Waals surface area (Å²) in [6.07, 6.45) is 7.59. The van der Waals surface area contributed by atoms with Crippen molar-refractivity contribution in [2.24, 2.45) is 0 Å². The molecule has 6 atom stereocenters. The molecule has 0 amide bonds. The molecule has 10 heteroatoms. The van der Waals surface area contributed by atoms with Gasteiger partial charge >= 0.3 is 41.4 Å². The third kappa shape index (κ3) is 23.0. The molecule has 0 N–H and O–H groups in total. The predicted octanol–water partition coefficient (Wildman–Crippen LogP) is 4.62. The third-order valence-corrected chi connectivity index (χ3v) is 7.83.